The van der Waals surface area contributed by atoms with Gasteiger partial charge in [0.15, 0.2) is 5.76 Å². The zero-order valence-electron chi connectivity index (χ0n) is 15.3. The summed E-state index contributed by atoms with van der Waals surface area (Å²) in [6, 6.07) is 11.0. The highest BCUT2D eigenvalue weighted by molar-refractivity contribution is 5.91. The van der Waals surface area contributed by atoms with Crippen molar-refractivity contribution in [2.45, 2.75) is 19.9 Å². The van der Waals surface area contributed by atoms with Crippen LogP contribution < -0.4 is 5.63 Å². The molecule has 6 nitrogen and oxygen atoms in total. The van der Waals surface area contributed by atoms with E-state index in [9.17, 15) is 9.59 Å². The van der Waals surface area contributed by atoms with Gasteiger partial charge in [-0.3, -0.25) is 9.69 Å². The minimum Gasteiger partial charge on any atom is -0.459 e. The van der Waals surface area contributed by atoms with Crippen LogP contribution in [0.4, 0.5) is 0 Å². The first-order valence-electron chi connectivity index (χ1n) is 9.25. The number of carbonyl (C=O) groups excluding carboxylic acids is 1. The summed E-state index contributed by atoms with van der Waals surface area (Å²) < 4.78 is 10.6. The molecular weight excluding hydrogens is 344 g/mol. The third-order valence-corrected chi connectivity index (χ3v) is 5.09. The maximum absolute atomic E-state index is 12.4. The number of rotatable bonds is 4. The SMILES string of the molecule is CCc1ccc2c(CN3CCN(C(=O)c4ccco4)CC3)cc(=O)oc2c1. The van der Waals surface area contributed by atoms with Gasteiger partial charge < -0.3 is 13.7 Å². The molecule has 0 aliphatic carbocycles. The van der Waals surface area contributed by atoms with Crippen LogP contribution in [0, 0.1) is 0 Å². The van der Waals surface area contributed by atoms with Crippen LogP contribution in [0.1, 0.15) is 28.6 Å². The lowest BCUT2D eigenvalue weighted by molar-refractivity contribution is 0.0598. The summed E-state index contributed by atoms with van der Waals surface area (Å²) >= 11 is 0. The number of hydrogen-bond donors (Lipinski definition) is 0. The standard InChI is InChI=1S/C21H22N2O4/c1-2-15-5-6-17-16(13-20(24)27-19(17)12-15)14-22-7-9-23(10-8-22)21(25)18-4-3-11-26-18/h3-6,11-13H,2,7-10,14H2,1H3. The first-order valence-corrected chi connectivity index (χ1v) is 9.25. The van der Waals surface area contributed by atoms with E-state index >= 15 is 0 Å². The Morgan fingerprint density at radius 2 is 1.93 bits per heavy atom. The van der Waals surface area contributed by atoms with Gasteiger partial charge in [-0.15, -0.1) is 0 Å². The molecule has 0 radical (unpaired) electrons. The van der Waals surface area contributed by atoms with Crippen LogP contribution >= 0.6 is 0 Å². The van der Waals surface area contributed by atoms with Crippen LogP contribution in [0.15, 0.2) is 56.3 Å². The molecule has 3 aromatic rings. The molecule has 140 valence electrons. The lowest BCUT2D eigenvalue weighted by Crippen LogP contribution is -2.48. The molecule has 1 aromatic carbocycles. The van der Waals surface area contributed by atoms with Crippen molar-refractivity contribution >= 4 is 16.9 Å². The van der Waals surface area contributed by atoms with E-state index in [1.165, 1.54) is 6.26 Å². The van der Waals surface area contributed by atoms with Crippen LogP contribution in [0.3, 0.4) is 0 Å². The fourth-order valence-electron chi connectivity index (χ4n) is 3.53. The van der Waals surface area contributed by atoms with Crippen molar-refractivity contribution in [2.24, 2.45) is 0 Å². The maximum atomic E-state index is 12.4. The lowest BCUT2D eigenvalue weighted by Gasteiger charge is -2.34. The van der Waals surface area contributed by atoms with Gasteiger partial charge in [-0.2, -0.15) is 0 Å². The van der Waals surface area contributed by atoms with Gasteiger partial charge in [0.2, 0.25) is 0 Å². The molecule has 1 fully saturated rings. The van der Waals surface area contributed by atoms with Gasteiger partial charge >= 0.3 is 5.63 Å². The summed E-state index contributed by atoms with van der Waals surface area (Å²) in [5, 5.41) is 0.973. The summed E-state index contributed by atoms with van der Waals surface area (Å²) in [6.45, 7) is 5.52. The molecule has 1 saturated heterocycles. The second kappa shape index (κ2) is 7.40. The van der Waals surface area contributed by atoms with E-state index in [4.69, 9.17) is 8.83 Å². The Hall–Kier alpha value is -2.86. The summed E-state index contributed by atoms with van der Waals surface area (Å²) in [4.78, 5) is 28.4. The van der Waals surface area contributed by atoms with E-state index in [1.807, 2.05) is 12.1 Å². The number of nitrogens with zero attached hydrogens (tertiary/aromatic N) is 2. The molecule has 1 amide bonds. The number of benzene rings is 1. The van der Waals surface area contributed by atoms with Gasteiger partial charge in [0.05, 0.1) is 6.26 Å². The summed E-state index contributed by atoms with van der Waals surface area (Å²) in [5.41, 5.74) is 2.43. The van der Waals surface area contributed by atoms with Crippen LogP contribution in [0.25, 0.3) is 11.0 Å². The van der Waals surface area contributed by atoms with Crippen molar-refractivity contribution in [2.75, 3.05) is 26.2 Å². The average Bonchev–Trinajstić information content (AvgIpc) is 3.22. The zero-order chi connectivity index (χ0) is 18.8. The smallest absolute Gasteiger partial charge is 0.336 e. The second-order valence-electron chi connectivity index (χ2n) is 6.82. The highest BCUT2D eigenvalue weighted by Gasteiger charge is 2.24. The van der Waals surface area contributed by atoms with E-state index < -0.39 is 0 Å². The van der Waals surface area contributed by atoms with Crippen molar-refractivity contribution in [1.82, 2.24) is 9.80 Å². The fourth-order valence-corrected chi connectivity index (χ4v) is 3.53. The minimum absolute atomic E-state index is 0.0717. The summed E-state index contributed by atoms with van der Waals surface area (Å²) in [7, 11) is 0. The number of fused-ring (bicyclic) bond motifs is 1. The van der Waals surface area contributed by atoms with Crippen molar-refractivity contribution in [1.29, 1.82) is 0 Å². The van der Waals surface area contributed by atoms with Crippen molar-refractivity contribution in [3.05, 3.63) is 70.0 Å². The third kappa shape index (κ3) is 3.66. The van der Waals surface area contributed by atoms with Gasteiger partial charge in [-0.25, -0.2) is 4.79 Å². The molecule has 0 bridgehead atoms. The topological polar surface area (TPSA) is 66.9 Å². The Balaban J connectivity index is 1.47. The highest BCUT2D eigenvalue weighted by Crippen LogP contribution is 2.21. The molecule has 1 aliphatic heterocycles. The molecule has 4 rings (SSSR count). The molecular formula is C21H22N2O4. The molecule has 0 N–H and O–H groups in total. The first kappa shape index (κ1) is 17.5. The zero-order valence-corrected chi connectivity index (χ0v) is 15.3. The Bertz CT molecular complexity index is 999. The van der Waals surface area contributed by atoms with Crippen LogP contribution in [0.5, 0.6) is 0 Å². The number of carbonyl (C=O) groups is 1. The monoisotopic (exact) mass is 366 g/mol. The van der Waals surface area contributed by atoms with Crippen molar-refractivity contribution in [3.8, 4) is 0 Å². The molecule has 0 spiro atoms. The average molecular weight is 366 g/mol. The van der Waals surface area contributed by atoms with E-state index in [0.29, 0.717) is 31.0 Å². The molecule has 27 heavy (non-hydrogen) atoms. The van der Waals surface area contributed by atoms with Crippen LogP contribution in [-0.4, -0.2) is 41.9 Å². The van der Waals surface area contributed by atoms with Crippen molar-refractivity contribution in [3.63, 3.8) is 0 Å². The molecule has 2 aromatic heterocycles. The molecule has 0 saturated carbocycles. The van der Waals surface area contributed by atoms with Gasteiger partial charge in [0.25, 0.3) is 5.91 Å². The second-order valence-corrected chi connectivity index (χ2v) is 6.82. The Morgan fingerprint density at radius 1 is 1.11 bits per heavy atom. The lowest BCUT2D eigenvalue weighted by atomic mass is 10.1. The highest BCUT2D eigenvalue weighted by atomic mass is 16.4. The molecule has 1 aliphatic rings. The maximum Gasteiger partial charge on any atom is 0.336 e. The fraction of sp³-hybridized carbons (Fsp3) is 0.333. The Morgan fingerprint density at radius 3 is 2.63 bits per heavy atom. The van der Waals surface area contributed by atoms with E-state index in [2.05, 4.69) is 17.9 Å². The Kier molecular flexibility index (Phi) is 4.81. The normalized spacial score (nSPS) is 15.4. The van der Waals surface area contributed by atoms with E-state index in [1.54, 1.807) is 23.1 Å². The van der Waals surface area contributed by atoms with Crippen LogP contribution in [-0.2, 0) is 13.0 Å². The summed E-state index contributed by atoms with van der Waals surface area (Å²) in [5.74, 6) is 0.305. The molecule has 0 atom stereocenters. The predicted octanol–water partition coefficient (Wildman–Crippen LogP) is 2.91. The summed E-state index contributed by atoms with van der Waals surface area (Å²) in [6.07, 6.45) is 2.41. The largest absolute Gasteiger partial charge is 0.459 e. The van der Waals surface area contributed by atoms with Gasteiger partial charge in [0.1, 0.15) is 5.58 Å². The minimum atomic E-state index is -0.322. The number of piperazine rings is 1. The number of hydrogen-bond acceptors (Lipinski definition) is 5. The quantitative estimate of drug-likeness (QED) is 0.664. The Labute approximate surface area is 157 Å². The predicted molar refractivity (Wildman–Crippen MR) is 102 cm³/mol. The number of furan rings is 1. The molecule has 6 heteroatoms. The molecule has 3 heterocycles. The number of amides is 1. The third-order valence-electron chi connectivity index (χ3n) is 5.09. The van der Waals surface area contributed by atoms with Crippen LogP contribution in [0.2, 0.25) is 0 Å². The van der Waals surface area contributed by atoms with E-state index in [0.717, 1.165) is 36.0 Å². The number of aryl methyl sites for hydroxylation is 1. The first-order chi connectivity index (χ1) is 13.1. The van der Waals surface area contributed by atoms with Crippen molar-refractivity contribution < 1.29 is 13.6 Å². The van der Waals surface area contributed by atoms with Gasteiger partial charge in [-0.05, 0) is 35.7 Å². The molecule has 0 unspecified atom stereocenters. The van der Waals surface area contributed by atoms with Gasteiger partial charge in [-0.1, -0.05) is 19.1 Å². The van der Waals surface area contributed by atoms with Gasteiger partial charge in [0, 0.05) is 44.2 Å². The van der Waals surface area contributed by atoms with E-state index in [-0.39, 0.29) is 11.5 Å².